The standard InChI is InChI=1S/C17H14N2O2/c1-2-14-5-8-17(19-12-21)10-15(14)9-13-3-6-16(7-4-13)18-11-20/h3-8,10H,2,9H2,1H3. The zero-order valence-electron chi connectivity index (χ0n) is 11.7. The van der Waals surface area contributed by atoms with Gasteiger partial charge in [0.05, 0.1) is 11.4 Å². The molecule has 0 aliphatic carbocycles. The Morgan fingerprint density at radius 1 is 0.857 bits per heavy atom. The van der Waals surface area contributed by atoms with Gasteiger partial charge in [-0.3, -0.25) is 0 Å². The molecule has 0 radical (unpaired) electrons. The molecule has 0 fully saturated rings. The average Bonchev–Trinajstić information content (AvgIpc) is 2.50. The van der Waals surface area contributed by atoms with Gasteiger partial charge in [-0.15, -0.1) is 0 Å². The first kappa shape index (κ1) is 14.6. The van der Waals surface area contributed by atoms with Crippen molar-refractivity contribution in [2.75, 3.05) is 0 Å². The van der Waals surface area contributed by atoms with E-state index in [0.717, 1.165) is 24.0 Å². The van der Waals surface area contributed by atoms with Crippen molar-refractivity contribution in [1.29, 1.82) is 0 Å². The maximum atomic E-state index is 10.4. The van der Waals surface area contributed by atoms with Gasteiger partial charge in [-0.2, -0.15) is 9.98 Å². The van der Waals surface area contributed by atoms with Gasteiger partial charge in [0, 0.05) is 0 Å². The first-order chi connectivity index (χ1) is 10.3. The Morgan fingerprint density at radius 2 is 1.48 bits per heavy atom. The Balaban J connectivity index is 2.30. The number of benzene rings is 2. The predicted molar refractivity (Wildman–Crippen MR) is 80.6 cm³/mol. The van der Waals surface area contributed by atoms with Gasteiger partial charge in [-0.25, -0.2) is 9.59 Å². The van der Waals surface area contributed by atoms with E-state index in [1.165, 1.54) is 11.6 Å². The molecule has 0 N–H and O–H groups in total. The second kappa shape index (κ2) is 7.11. The number of carbonyl (C=O) groups excluding carboxylic acids is 2. The lowest BCUT2D eigenvalue weighted by Gasteiger charge is -2.09. The number of rotatable bonds is 5. The number of hydrogen-bond donors (Lipinski definition) is 0. The van der Waals surface area contributed by atoms with Crippen LogP contribution in [0.4, 0.5) is 11.4 Å². The number of isocyanates is 2. The van der Waals surface area contributed by atoms with Crippen molar-refractivity contribution in [3.8, 4) is 0 Å². The van der Waals surface area contributed by atoms with Crippen molar-refractivity contribution in [3.05, 3.63) is 59.2 Å². The van der Waals surface area contributed by atoms with E-state index in [4.69, 9.17) is 0 Å². The topological polar surface area (TPSA) is 58.9 Å². The second-order valence-electron chi connectivity index (χ2n) is 4.56. The highest BCUT2D eigenvalue weighted by atomic mass is 16.1. The summed E-state index contributed by atoms with van der Waals surface area (Å²) >= 11 is 0. The molecule has 0 aromatic heterocycles. The number of aliphatic imine (C=N–C) groups is 2. The van der Waals surface area contributed by atoms with Crippen LogP contribution in [0.15, 0.2) is 52.4 Å². The summed E-state index contributed by atoms with van der Waals surface area (Å²) in [5, 5.41) is 0. The summed E-state index contributed by atoms with van der Waals surface area (Å²) in [4.78, 5) is 27.8. The van der Waals surface area contributed by atoms with Crippen LogP contribution in [0, 0.1) is 0 Å². The lowest BCUT2D eigenvalue weighted by Crippen LogP contribution is -1.94. The smallest absolute Gasteiger partial charge is 0.211 e. The summed E-state index contributed by atoms with van der Waals surface area (Å²) in [6.45, 7) is 2.09. The first-order valence-electron chi connectivity index (χ1n) is 6.63. The highest BCUT2D eigenvalue weighted by Crippen LogP contribution is 2.22. The van der Waals surface area contributed by atoms with E-state index >= 15 is 0 Å². The molecule has 0 aliphatic rings. The van der Waals surface area contributed by atoms with Crippen LogP contribution in [0.3, 0.4) is 0 Å². The minimum Gasteiger partial charge on any atom is -0.211 e. The fraction of sp³-hybridized carbons (Fsp3) is 0.176. The van der Waals surface area contributed by atoms with Gasteiger partial charge in [0.1, 0.15) is 0 Å². The maximum absolute atomic E-state index is 10.4. The van der Waals surface area contributed by atoms with E-state index in [9.17, 15) is 9.59 Å². The lowest BCUT2D eigenvalue weighted by molar-refractivity contribution is 0.564. The normalized spacial score (nSPS) is 9.57. The van der Waals surface area contributed by atoms with Crippen molar-refractivity contribution < 1.29 is 9.59 Å². The highest BCUT2D eigenvalue weighted by Gasteiger charge is 2.04. The quantitative estimate of drug-likeness (QED) is 0.617. The maximum Gasteiger partial charge on any atom is 0.240 e. The van der Waals surface area contributed by atoms with Crippen molar-refractivity contribution in [3.63, 3.8) is 0 Å². The highest BCUT2D eigenvalue weighted by molar-refractivity contribution is 5.53. The molecule has 0 spiro atoms. The molecular formula is C17H14N2O2. The predicted octanol–water partition coefficient (Wildman–Crippen LogP) is 3.77. The van der Waals surface area contributed by atoms with Crippen LogP contribution >= 0.6 is 0 Å². The second-order valence-corrected chi connectivity index (χ2v) is 4.56. The summed E-state index contributed by atoms with van der Waals surface area (Å²) in [6, 6.07) is 13.1. The monoisotopic (exact) mass is 278 g/mol. The summed E-state index contributed by atoms with van der Waals surface area (Å²) in [5.41, 5.74) is 4.64. The third kappa shape index (κ3) is 3.83. The van der Waals surface area contributed by atoms with Crippen molar-refractivity contribution in [2.45, 2.75) is 19.8 Å². The van der Waals surface area contributed by atoms with Crippen LogP contribution in [0.25, 0.3) is 0 Å². The summed E-state index contributed by atoms with van der Waals surface area (Å²) < 4.78 is 0. The molecule has 2 aromatic carbocycles. The Bertz CT molecular complexity index is 723. The van der Waals surface area contributed by atoms with Crippen molar-refractivity contribution >= 4 is 23.5 Å². The molecule has 4 heteroatoms. The number of nitrogens with zero attached hydrogens (tertiary/aromatic N) is 2. The molecule has 0 heterocycles. The van der Waals surface area contributed by atoms with E-state index in [1.807, 2.05) is 30.3 Å². The molecule has 0 bridgehead atoms. The zero-order valence-corrected chi connectivity index (χ0v) is 11.7. The van der Waals surface area contributed by atoms with Crippen LogP contribution < -0.4 is 0 Å². The van der Waals surface area contributed by atoms with Crippen molar-refractivity contribution in [1.82, 2.24) is 0 Å². The minimum atomic E-state index is 0.587. The zero-order chi connectivity index (χ0) is 15.1. The Labute approximate surface area is 122 Å². The van der Waals surface area contributed by atoms with Gasteiger partial charge in [0.15, 0.2) is 0 Å². The molecule has 2 aromatic rings. The van der Waals surface area contributed by atoms with Crippen LogP contribution in [0.2, 0.25) is 0 Å². The Kier molecular flexibility index (Phi) is 4.94. The number of aryl methyl sites for hydroxylation is 1. The number of hydrogen-bond acceptors (Lipinski definition) is 4. The fourth-order valence-electron chi connectivity index (χ4n) is 2.21. The van der Waals surface area contributed by atoms with E-state index in [0.29, 0.717) is 11.4 Å². The third-order valence-electron chi connectivity index (χ3n) is 3.25. The Hall–Kier alpha value is -2.80. The molecular weight excluding hydrogens is 264 g/mol. The SMILES string of the molecule is CCc1ccc(N=C=O)cc1Cc1ccc(N=C=O)cc1. The molecule has 0 atom stereocenters. The van der Waals surface area contributed by atoms with E-state index < -0.39 is 0 Å². The van der Waals surface area contributed by atoms with Crippen molar-refractivity contribution in [2.24, 2.45) is 9.98 Å². The molecule has 21 heavy (non-hydrogen) atoms. The van der Waals surface area contributed by atoms with E-state index in [-0.39, 0.29) is 0 Å². The minimum absolute atomic E-state index is 0.587. The largest absolute Gasteiger partial charge is 0.240 e. The molecule has 0 amide bonds. The van der Waals surface area contributed by atoms with Gasteiger partial charge in [-0.1, -0.05) is 25.1 Å². The molecule has 0 unspecified atom stereocenters. The van der Waals surface area contributed by atoms with Gasteiger partial charge < -0.3 is 0 Å². The summed E-state index contributed by atoms with van der Waals surface area (Å²) in [6.07, 6.45) is 4.72. The Morgan fingerprint density at radius 3 is 2.10 bits per heavy atom. The summed E-state index contributed by atoms with van der Waals surface area (Å²) in [7, 11) is 0. The fourth-order valence-corrected chi connectivity index (χ4v) is 2.21. The molecule has 2 rings (SSSR count). The van der Waals surface area contributed by atoms with Gasteiger partial charge in [0.2, 0.25) is 12.2 Å². The molecule has 0 aliphatic heterocycles. The lowest BCUT2D eigenvalue weighted by atomic mass is 9.97. The van der Waals surface area contributed by atoms with E-state index in [2.05, 4.69) is 16.9 Å². The average molecular weight is 278 g/mol. The molecule has 104 valence electrons. The third-order valence-corrected chi connectivity index (χ3v) is 3.25. The van der Waals surface area contributed by atoms with Gasteiger partial charge >= 0.3 is 0 Å². The van der Waals surface area contributed by atoms with Crippen LogP contribution in [-0.4, -0.2) is 12.2 Å². The van der Waals surface area contributed by atoms with Crippen LogP contribution in [-0.2, 0) is 22.4 Å². The van der Waals surface area contributed by atoms with Crippen LogP contribution in [0.1, 0.15) is 23.6 Å². The van der Waals surface area contributed by atoms with Gasteiger partial charge in [-0.05, 0) is 53.8 Å². The summed E-state index contributed by atoms with van der Waals surface area (Å²) in [5.74, 6) is 0. The molecule has 0 saturated heterocycles. The van der Waals surface area contributed by atoms with Crippen LogP contribution in [0.5, 0.6) is 0 Å². The van der Waals surface area contributed by atoms with Gasteiger partial charge in [0.25, 0.3) is 0 Å². The molecule has 0 saturated carbocycles. The van der Waals surface area contributed by atoms with E-state index in [1.54, 1.807) is 18.2 Å². The molecule has 4 nitrogen and oxygen atoms in total. The first-order valence-corrected chi connectivity index (χ1v) is 6.63.